The van der Waals surface area contributed by atoms with E-state index in [1.807, 2.05) is 6.92 Å². The summed E-state index contributed by atoms with van der Waals surface area (Å²) in [6.45, 7) is 12.7. The number of allylic oxidation sites excluding steroid dienone is 3. The van der Waals surface area contributed by atoms with E-state index in [-0.39, 0.29) is 39.8 Å². The topological polar surface area (TPSA) is 98.0 Å². The summed E-state index contributed by atoms with van der Waals surface area (Å²) in [5.74, 6) is -0.476. The van der Waals surface area contributed by atoms with Gasteiger partial charge in [0.15, 0.2) is 0 Å². The number of carbonyl (C=O) groups is 1. The van der Waals surface area contributed by atoms with E-state index in [1.165, 1.54) is 18.6 Å². The molecule has 4 rings (SSSR count). The molecule has 196 valence electrons. The first-order valence-electron chi connectivity index (χ1n) is 13.6. The van der Waals surface area contributed by atoms with E-state index in [0.717, 1.165) is 51.4 Å². The molecule has 0 heterocycles. The molecule has 1 fully saturated rings. The quantitative estimate of drug-likeness (QED) is 0.308. The summed E-state index contributed by atoms with van der Waals surface area (Å²) in [4.78, 5) is 11.2. The number of rotatable bonds is 5. The normalized spacial score (nSPS) is 39.5. The van der Waals surface area contributed by atoms with Gasteiger partial charge in [-0.2, -0.15) is 0 Å². The molecule has 0 saturated heterocycles. The molecule has 4 aliphatic carbocycles. The van der Waals surface area contributed by atoms with Crippen LogP contribution in [0.1, 0.15) is 92.9 Å². The molecule has 4 N–H and O–H groups in total. The van der Waals surface area contributed by atoms with Crippen LogP contribution >= 0.6 is 0 Å². The number of carboxylic acids is 1. The van der Waals surface area contributed by atoms with E-state index in [1.54, 1.807) is 11.1 Å². The molecule has 0 amide bonds. The predicted molar refractivity (Wildman–Crippen MR) is 138 cm³/mol. The third-order valence-corrected chi connectivity index (χ3v) is 11.2. The summed E-state index contributed by atoms with van der Waals surface area (Å²) in [5.41, 5.74) is 4.65. The number of aliphatic hydroxyl groups excluding tert-OH is 3. The Labute approximate surface area is 211 Å². The summed E-state index contributed by atoms with van der Waals surface area (Å²) in [5, 5.41) is 41.5. The number of aliphatic hydroxyl groups is 3. The Morgan fingerprint density at radius 1 is 1.09 bits per heavy atom. The fraction of sp³-hybridized carbons (Fsp3) is 0.767. The van der Waals surface area contributed by atoms with Gasteiger partial charge in [-0.1, -0.05) is 57.4 Å². The molecule has 35 heavy (non-hydrogen) atoms. The van der Waals surface area contributed by atoms with Crippen LogP contribution in [-0.4, -0.2) is 44.7 Å². The number of aliphatic carboxylic acids is 1. The molecule has 5 heteroatoms. The van der Waals surface area contributed by atoms with Crippen LogP contribution in [-0.2, 0) is 4.79 Å². The zero-order valence-corrected chi connectivity index (χ0v) is 22.5. The van der Waals surface area contributed by atoms with Gasteiger partial charge in [0.2, 0.25) is 0 Å². The number of hydrogen-bond acceptors (Lipinski definition) is 4. The second kappa shape index (κ2) is 9.15. The Kier molecular flexibility index (Phi) is 6.96. The number of fused-ring (bicyclic) bond motifs is 3. The molecule has 0 aliphatic heterocycles. The minimum atomic E-state index is -1.19. The van der Waals surface area contributed by atoms with Crippen molar-refractivity contribution in [2.24, 2.45) is 34.0 Å². The maximum atomic E-state index is 11.2. The molecule has 0 aromatic rings. The second-order valence-electron chi connectivity index (χ2n) is 13.1. The van der Waals surface area contributed by atoms with Crippen molar-refractivity contribution in [3.8, 4) is 0 Å². The van der Waals surface area contributed by atoms with Crippen molar-refractivity contribution in [2.75, 3.05) is 0 Å². The van der Waals surface area contributed by atoms with Gasteiger partial charge in [-0.25, -0.2) is 4.79 Å². The highest BCUT2D eigenvalue weighted by molar-refractivity contribution is 5.85. The van der Waals surface area contributed by atoms with Gasteiger partial charge in [0.25, 0.3) is 0 Å². The lowest BCUT2D eigenvalue weighted by Gasteiger charge is -2.54. The molecular formula is C30H46O5. The van der Waals surface area contributed by atoms with E-state index < -0.39 is 18.2 Å². The zero-order chi connectivity index (χ0) is 25.9. The lowest BCUT2D eigenvalue weighted by molar-refractivity contribution is -0.132. The monoisotopic (exact) mass is 486 g/mol. The molecule has 2 unspecified atom stereocenters. The van der Waals surface area contributed by atoms with Crippen LogP contribution in [0.15, 0.2) is 34.4 Å². The maximum Gasteiger partial charge on any atom is 0.331 e. The molecule has 8 atom stereocenters. The smallest absolute Gasteiger partial charge is 0.331 e. The Hall–Kier alpha value is -1.43. The molecule has 0 spiro atoms. The number of hydrogen-bond donors (Lipinski definition) is 4. The van der Waals surface area contributed by atoms with Crippen molar-refractivity contribution < 1.29 is 25.2 Å². The fourth-order valence-corrected chi connectivity index (χ4v) is 8.56. The largest absolute Gasteiger partial charge is 0.478 e. The molecule has 5 nitrogen and oxygen atoms in total. The Bertz CT molecular complexity index is 958. The lowest BCUT2D eigenvalue weighted by atomic mass is 9.50. The average Bonchev–Trinajstić information content (AvgIpc) is 2.94. The lowest BCUT2D eigenvalue weighted by Crippen LogP contribution is -2.48. The minimum Gasteiger partial charge on any atom is -0.478 e. The molecule has 0 aromatic heterocycles. The molecule has 0 aromatic carbocycles. The van der Waals surface area contributed by atoms with E-state index in [2.05, 4.69) is 33.8 Å². The van der Waals surface area contributed by atoms with Crippen LogP contribution in [0.5, 0.6) is 0 Å². The SMILES string of the molecule is C/C(=C/C(O)C(O)[C@@H](C)[C@H]1CC[C@@]2(C)[C@@H]3CCC4=C(CC[C@H](O)C4(C)C)CC3=CC[C@]12C)C(=O)O. The van der Waals surface area contributed by atoms with Gasteiger partial charge in [-0.05, 0) is 93.0 Å². The molecule has 0 radical (unpaired) electrons. The third kappa shape index (κ3) is 4.16. The van der Waals surface area contributed by atoms with Gasteiger partial charge in [0, 0.05) is 11.0 Å². The van der Waals surface area contributed by atoms with E-state index in [9.17, 15) is 20.1 Å². The van der Waals surface area contributed by atoms with Crippen molar-refractivity contribution in [2.45, 2.75) is 111 Å². The maximum absolute atomic E-state index is 11.2. The van der Waals surface area contributed by atoms with E-state index >= 15 is 0 Å². The summed E-state index contributed by atoms with van der Waals surface area (Å²) in [7, 11) is 0. The zero-order valence-electron chi connectivity index (χ0n) is 22.5. The highest BCUT2D eigenvalue weighted by Gasteiger charge is 2.61. The van der Waals surface area contributed by atoms with Gasteiger partial charge >= 0.3 is 5.97 Å². The van der Waals surface area contributed by atoms with Crippen LogP contribution in [0.25, 0.3) is 0 Å². The fourth-order valence-electron chi connectivity index (χ4n) is 8.56. The van der Waals surface area contributed by atoms with E-state index in [4.69, 9.17) is 5.11 Å². The standard InChI is InChI=1S/C30H46O5/c1-17(27(34)35)15-24(31)26(33)18(2)21-12-14-30(6)23-9-8-22-19(7-10-25(32)28(22,3)4)16-20(23)11-13-29(21,30)5/h11,15,18,21,23-26,31-33H,7-10,12-14,16H2,1-6H3,(H,34,35)/b17-15-/t18-,21+,23+,24?,25-,26?,29+,30-/m0/s1. The van der Waals surface area contributed by atoms with Gasteiger partial charge in [-0.3, -0.25) is 0 Å². The molecule has 4 aliphatic rings. The summed E-state index contributed by atoms with van der Waals surface area (Å²) < 4.78 is 0. The van der Waals surface area contributed by atoms with Crippen LogP contribution in [0.4, 0.5) is 0 Å². The van der Waals surface area contributed by atoms with Crippen molar-refractivity contribution in [3.63, 3.8) is 0 Å². The molecular weight excluding hydrogens is 440 g/mol. The van der Waals surface area contributed by atoms with Crippen molar-refractivity contribution in [3.05, 3.63) is 34.4 Å². The first-order valence-corrected chi connectivity index (χ1v) is 13.6. The number of carboxylic acid groups (broad SMARTS) is 1. The summed E-state index contributed by atoms with van der Waals surface area (Å²) in [6.07, 6.45) is 9.47. The second-order valence-corrected chi connectivity index (χ2v) is 13.1. The van der Waals surface area contributed by atoms with Gasteiger partial charge < -0.3 is 20.4 Å². The first kappa shape index (κ1) is 26.6. The molecule has 1 saturated carbocycles. The van der Waals surface area contributed by atoms with Gasteiger partial charge in [0.05, 0.1) is 18.3 Å². The highest BCUT2D eigenvalue weighted by Crippen LogP contribution is 2.69. The Morgan fingerprint density at radius 3 is 2.43 bits per heavy atom. The third-order valence-electron chi connectivity index (χ3n) is 11.2. The van der Waals surface area contributed by atoms with Crippen molar-refractivity contribution >= 4 is 5.97 Å². The summed E-state index contributed by atoms with van der Waals surface area (Å²) in [6, 6.07) is 0. The van der Waals surface area contributed by atoms with E-state index in [0.29, 0.717) is 5.92 Å². The van der Waals surface area contributed by atoms with Crippen LogP contribution in [0, 0.1) is 34.0 Å². The van der Waals surface area contributed by atoms with Crippen LogP contribution < -0.4 is 0 Å². The highest BCUT2D eigenvalue weighted by atomic mass is 16.4. The minimum absolute atomic E-state index is 0.00666. The predicted octanol–water partition coefficient (Wildman–Crippen LogP) is 5.41. The molecule has 0 bridgehead atoms. The Morgan fingerprint density at radius 2 is 1.77 bits per heavy atom. The first-order chi connectivity index (χ1) is 16.2. The average molecular weight is 487 g/mol. The summed E-state index contributed by atoms with van der Waals surface area (Å²) >= 11 is 0. The Balaban J connectivity index is 1.59. The van der Waals surface area contributed by atoms with Crippen LogP contribution in [0.2, 0.25) is 0 Å². The van der Waals surface area contributed by atoms with Crippen molar-refractivity contribution in [1.82, 2.24) is 0 Å². The van der Waals surface area contributed by atoms with Gasteiger partial charge in [-0.15, -0.1) is 0 Å². The van der Waals surface area contributed by atoms with Crippen LogP contribution in [0.3, 0.4) is 0 Å². The van der Waals surface area contributed by atoms with Crippen molar-refractivity contribution in [1.29, 1.82) is 0 Å². The van der Waals surface area contributed by atoms with Gasteiger partial charge in [0.1, 0.15) is 0 Å².